The van der Waals surface area contributed by atoms with Crippen molar-refractivity contribution in [3.8, 4) is 5.75 Å². The molecule has 0 heterocycles. The summed E-state index contributed by atoms with van der Waals surface area (Å²) in [7, 11) is 0. The van der Waals surface area contributed by atoms with Gasteiger partial charge in [0.1, 0.15) is 24.3 Å². The van der Waals surface area contributed by atoms with Gasteiger partial charge in [0.15, 0.2) is 0 Å². The molecule has 1 aromatic carbocycles. The average molecular weight is 220 g/mol. The molecule has 0 amide bonds. The molecule has 14 heavy (non-hydrogen) atoms. The zero-order valence-corrected chi connectivity index (χ0v) is 8.17. The van der Waals surface area contributed by atoms with Crippen LogP contribution in [0.25, 0.3) is 0 Å². The van der Waals surface area contributed by atoms with Gasteiger partial charge in [0.2, 0.25) is 0 Å². The standard InChI is InChI=1S/C9H11ClFNO2/c10-8-2-1-6(11)3-9(8)14-5-7(13)4-12/h1-3,7,13H,4-5,12H2. The summed E-state index contributed by atoms with van der Waals surface area (Å²) in [6.07, 6.45) is -0.769. The van der Waals surface area contributed by atoms with Crippen molar-refractivity contribution in [3.05, 3.63) is 29.0 Å². The molecule has 0 aliphatic carbocycles. The van der Waals surface area contributed by atoms with Crippen molar-refractivity contribution in [3.63, 3.8) is 0 Å². The van der Waals surface area contributed by atoms with Crippen molar-refractivity contribution >= 4 is 11.6 Å². The molecule has 0 fully saturated rings. The number of benzene rings is 1. The van der Waals surface area contributed by atoms with E-state index in [9.17, 15) is 4.39 Å². The smallest absolute Gasteiger partial charge is 0.140 e. The van der Waals surface area contributed by atoms with Crippen LogP contribution in [0, 0.1) is 5.82 Å². The minimum Gasteiger partial charge on any atom is -0.489 e. The van der Waals surface area contributed by atoms with Gasteiger partial charge in [-0.25, -0.2) is 4.39 Å². The number of rotatable bonds is 4. The van der Waals surface area contributed by atoms with Crippen LogP contribution in [-0.4, -0.2) is 24.4 Å². The number of halogens is 2. The normalized spacial score (nSPS) is 12.6. The molecule has 78 valence electrons. The molecule has 0 spiro atoms. The fourth-order valence-electron chi connectivity index (χ4n) is 0.842. The summed E-state index contributed by atoms with van der Waals surface area (Å²) in [5.41, 5.74) is 5.17. The Kier molecular flexibility index (Phi) is 4.13. The van der Waals surface area contributed by atoms with Gasteiger partial charge < -0.3 is 15.6 Å². The van der Waals surface area contributed by atoms with E-state index < -0.39 is 11.9 Å². The Morgan fingerprint density at radius 2 is 2.29 bits per heavy atom. The van der Waals surface area contributed by atoms with Gasteiger partial charge >= 0.3 is 0 Å². The molecule has 0 saturated heterocycles. The van der Waals surface area contributed by atoms with Crippen molar-refractivity contribution in [1.82, 2.24) is 0 Å². The lowest BCUT2D eigenvalue weighted by Crippen LogP contribution is -2.26. The van der Waals surface area contributed by atoms with Crippen LogP contribution in [0.1, 0.15) is 0 Å². The van der Waals surface area contributed by atoms with Crippen molar-refractivity contribution < 1.29 is 14.2 Å². The molecule has 3 N–H and O–H groups in total. The molecule has 0 saturated carbocycles. The summed E-state index contributed by atoms with van der Waals surface area (Å²) in [5.74, 6) is -0.231. The van der Waals surface area contributed by atoms with E-state index in [1.807, 2.05) is 0 Å². The molecule has 0 aliphatic heterocycles. The van der Waals surface area contributed by atoms with Crippen LogP contribution in [0.4, 0.5) is 4.39 Å². The molecule has 1 aromatic rings. The maximum atomic E-state index is 12.7. The first-order chi connectivity index (χ1) is 6.63. The second kappa shape index (κ2) is 5.14. The Morgan fingerprint density at radius 3 is 2.93 bits per heavy atom. The molecule has 0 bridgehead atoms. The maximum absolute atomic E-state index is 12.7. The first-order valence-corrected chi connectivity index (χ1v) is 4.47. The van der Waals surface area contributed by atoms with Crippen molar-refractivity contribution in [1.29, 1.82) is 0 Å². The third-order valence-corrected chi connectivity index (χ3v) is 1.91. The predicted octanol–water partition coefficient (Wildman–Crippen LogP) is 1.18. The number of hydrogen-bond donors (Lipinski definition) is 2. The van der Waals surface area contributed by atoms with Gasteiger partial charge in [-0.15, -0.1) is 0 Å². The van der Waals surface area contributed by atoms with Gasteiger partial charge in [-0.3, -0.25) is 0 Å². The summed E-state index contributed by atoms with van der Waals surface area (Å²) < 4.78 is 17.8. The van der Waals surface area contributed by atoms with Crippen LogP contribution in [0.5, 0.6) is 5.75 Å². The van der Waals surface area contributed by atoms with E-state index in [2.05, 4.69) is 0 Å². The van der Waals surface area contributed by atoms with E-state index >= 15 is 0 Å². The fourth-order valence-corrected chi connectivity index (χ4v) is 1.01. The van der Waals surface area contributed by atoms with Crippen LogP contribution < -0.4 is 10.5 Å². The first-order valence-electron chi connectivity index (χ1n) is 4.09. The van der Waals surface area contributed by atoms with Crippen molar-refractivity contribution in [2.75, 3.05) is 13.2 Å². The zero-order valence-electron chi connectivity index (χ0n) is 7.41. The Bertz CT molecular complexity index is 309. The van der Waals surface area contributed by atoms with Gasteiger partial charge in [0.25, 0.3) is 0 Å². The van der Waals surface area contributed by atoms with Crippen LogP contribution >= 0.6 is 11.6 Å². The molecular formula is C9H11ClFNO2. The van der Waals surface area contributed by atoms with E-state index in [1.165, 1.54) is 12.1 Å². The SMILES string of the molecule is NCC(O)COc1cc(F)ccc1Cl. The van der Waals surface area contributed by atoms with E-state index in [1.54, 1.807) is 0 Å². The Balaban J connectivity index is 2.62. The third kappa shape index (κ3) is 3.14. The van der Waals surface area contributed by atoms with Gasteiger partial charge in [0, 0.05) is 12.6 Å². The second-order valence-electron chi connectivity index (χ2n) is 2.78. The van der Waals surface area contributed by atoms with Crippen LogP contribution in [0.2, 0.25) is 5.02 Å². The molecule has 0 aliphatic rings. The molecule has 0 aromatic heterocycles. The first kappa shape index (κ1) is 11.2. The topological polar surface area (TPSA) is 55.5 Å². The number of nitrogens with two attached hydrogens (primary N) is 1. The summed E-state index contributed by atoms with van der Waals surface area (Å²) in [5, 5.41) is 9.39. The molecular weight excluding hydrogens is 209 g/mol. The van der Waals surface area contributed by atoms with Gasteiger partial charge in [0.05, 0.1) is 5.02 Å². The number of aliphatic hydroxyl groups is 1. The van der Waals surface area contributed by atoms with Gasteiger partial charge in [-0.2, -0.15) is 0 Å². The minimum absolute atomic E-state index is 0.000324. The van der Waals surface area contributed by atoms with Crippen LogP contribution in [0.15, 0.2) is 18.2 Å². The molecule has 1 atom stereocenters. The lowest BCUT2D eigenvalue weighted by molar-refractivity contribution is 0.114. The largest absolute Gasteiger partial charge is 0.489 e. The fraction of sp³-hybridized carbons (Fsp3) is 0.333. The number of ether oxygens (including phenoxy) is 1. The maximum Gasteiger partial charge on any atom is 0.140 e. The quantitative estimate of drug-likeness (QED) is 0.800. The second-order valence-corrected chi connectivity index (χ2v) is 3.18. The van der Waals surface area contributed by atoms with Crippen molar-refractivity contribution in [2.24, 2.45) is 5.73 Å². The molecule has 0 radical (unpaired) electrons. The monoisotopic (exact) mass is 219 g/mol. The van der Waals surface area contributed by atoms with Crippen molar-refractivity contribution in [2.45, 2.75) is 6.10 Å². The lowest BCUT2D eigenvalue weighted by Gasteiger charge is -2.11. The minimum atomic E-state index is -0.769. The molecule has 1 unspecified atom stereocenters. The lowest BCUT2D eigenvalue weighted by atomic mass is 10.3. The Morgan fingerprint density at radius 1 is 1.57 bits per heavy atom. The van der Waals surface area contributed by atoms with Gasteiger partial charge in [-0.05, 0) is 12.1 Å². The van der Waals surface area contributed by atoms with E-state index in [4.69, 9.17) is 27.2 Å². The zero-order chi connectivity index (χ0) is 10.6. The summed E-state index contributed by atoms with van der Waals surface area (Å²) >= 11 is 5.72. The molecule has 3 nitrogen and oxygen atoms in total. The van der Waals surface area contributed by atoms with E-state index in [0.717, 1.165) is 6.07 Å². The summed E-state index contributed by atoms with van der Waals surface area (Å²) in [6.45, 7) is 0.0899. The predicted molar refractivity (Wildman–Crippen MR) is 52.0 cm³/mol. The molecule has 5 heteroatoms. The summed E-state index contributed by atoms with van der Waals surface area (Å²) in [6, 6.07) is 3.78. The highest BCUT2D eigenvalue weighted by molar-refractivity contribution is 6.32. The van der Waals surface area contributed by atoms with Crippen LogP contribution in [-0.2, 0) is 0 Å². The highest BCUT2D eigenvalue weighted by Crippen LogP contribution is 2.24. The average Bonchev–Trinajstić information content (AvgIpc) is 2.19. The number of aliphatic hydroxyl groups excluding tert-OH is 1. The highest BCUT2D eigenvalue weighted by Gasteiger charge is 2.06. The Hall–Kier alpha value is -0.840. The third-order valence-electron chi connectivity index (χ3n) is 1.60. The molecule has 1 rings (SSSR count). The van der Waals surface area contributed by atoms with E-state index in [-0.39, 0.29) is 18.9 Å². The summed E-state index contributed by atoms with van der Waals surface area (Å²) in [4.78, 5) is 0. The number of hydrogen-bond acceptors (Lipinski definition) is 3. The van der Waals surface area contributed by atoms with Gasteiger partial charge in [-0.1, -0.05) is 11.6 Å². The highest BCUT2D eigenvalue weighted by atomic mass is 35.5. The van der Waals surface area contributed by atoms with Crippen LogP contribution in [0.3, 0.4) is 0 Å². The Labute approximate surface area is 86.2 Å². The van der Waals surface area contributed by atoms with E-state index in [0.29, 0.717) is 5.02 Å².